The number of carbonyl (C=O) groups excluding carboxylic acids is 1. The van der Waals surface area contributed by atoms with Crippen LogP contribution >= 0.6 is 0 Å². The number of hydrogen-bond acceptors (Lipinski definition) is 4. The summed E-state index contributed by atoms with van der Waals surface area (Å²) in [6, 6.07) is 18.1. The Morgan fingerprint density at radius 2 is 1.92 bits per heavy atom. The highest BCUT2D eigenvalue weighted by atomic mass is 16.5. The number of nitrogens with one attached hydrogen (secondary N) is 1. The Morgan fingerprint density at radius 3 is 2.56 bits per heavy atom. The second-order valence-electron chi connectivity index (χ2n) is 5.66. The van der Waals surface area contributed by atoms with Gasteiger partial charge in [-0.25, -0.2) is 0 Å². The lowest BCUT2D eigenvalue weighted by Crippen LogP contribution is -2.27. The minimum atomic E-state index is -0.592. The fourth-order valence-electron chi connectivity index (χ4n) is 2.52. The summed E-state index contributed by atoms with van der Waals surface area (Å²) in [6.45, 7) is 1.94. The van der Waals surface area contributed by atoms with Crippen LogP contribution in [-0.2, 0) is 4.79 Å². The van der Waals surface area contributed by atoms with E-state index < -0.39 is 11.9 Å². The van der Waals surface area contributed by atoms with Gasteiger partial charge in [0.25, 0.3) is 0 Å². The molecule has 126 valence electrons. The number of pyridine rings is 1. The first-order valence-electron chi connectivity index (χ1n) is 7.93. The molecule has 0 aliphatic carbocycles. The highest BCUT2D eigenvalue weighted by Crippen LogP contribution is 2.28. The van der Waals surface area contributed by atoms with Crippen LogP contribution in [0.2, 0.25) is 0 Å². The lowest BCUT2D eigenvalue weighted by atomic mass is 10.1. The van der Waals surface area contributed by atoms with Crippen LogP contribution in [0.4, 0.5) is 5.69 Å². The van der Waals surface area contributed by atoms with Gasteiger partial charge in [0.05, 0.1) is 6.20 Å². The zero-order chi connectivity index (χ0) is 17.6. The second-order valence-corrected chi connectivity index (χ2v) is 5.66. The number of nitrogens with zero attached hydrogens (tertiary/aromatic N) is 1. The maximum atomic E-state index is 11.8. The molecular formula is C20H19N3O2. The molecule has 0 saturated carbocycles. The molecule has 0 aliphatic rings. The number of ether oxygens (including phenoxy) is 1. The van der Waals surface area contributed by atoms with Crippen molar-refractivity contribution < 1.29 is 9.53 Å². The van der Waals surface area contributed by atoms with E-state index >= 15 is 0 Å². The van der Waals surface area contributed by atoms with Gasteiger partial charge in [-0.1, -0.05) is 30.3 Å². The van der Waals surface area contributed by atoms with E-state index in [0.717, 1.165) is 22.6 Å². The predicted octanol–water partition coefficient (Wildman–Crippen LogP) is 3.82. The molecule has 0 radical (unpaired) electrons. The van der Waals surface area contributed by atoms with Gasteiger partial charge in [-0.05, 0) is 48.4 Å². The third-order valence-electron chi connectivity index (χ3n) is 3.77. The third kappa shape index (κ3) is 4.14. The summed E-state index contributed by atoms with van der Waals surface area (Å²) < 4.78 is 5.82. The predicted molar refractivity (Wildman–Crippen MR) is 97.5 cm³/mol. The van der Waals surface area contributed by atoms with E-state index in [2.05, 4.69) is 10.3 Å². The SMILES string of the molecule is Cc1cc(N[C@@H](C(N)=O)c2ccccc2)ccc1Oc1cccnc1. The first-order valence-corrected chi connectivity index (χ1v) is 7.93. The fraction of sp³-hybridized carbons (Fsp3) is 0.100. The van der Waals surface area contributed by atoms with E-state index in [0.29, 0.717) is 5.75 Å². The number of aromatic nitrogens is 1. The summed E-state index contributed by atoms with van der Waals surface area (Å²) in [5.74, 6) is 0.971. The molecule has 0 unspecified atom stereocenters. The second kappa shape index (κ2) is 7.49. The normalized spacial score (nSPS) is 11.6. The molecule has 25 heavy (non-hydrogen) atoms. The molecule has 2 aromatic carbocycles. The lowest BCUT2D eigenvalue weighted by Gasteiger charge is -2.18. The van der Waals surface area contributed by atoms with Crippen molar-refractivity contribution in [2.45, 2.75) is 13.0 Å². The maximum absolute atomic E-state index is 11.8. The Kier molecular flexibility index (Phi) is 4.95. The quantitative estimate of drug-likeness (QED) is 0.719. The van der Waals surface area contributed by atoms with Crippen LogP contribution in [0.25, 0.3) is 0 Å². The number of hydrogen-bond donors (Lipinski definition) is 2. The number of rotatable bonds is 6. The topological polar surface area (TPSA) is 77.2 Å². The fourth-order valence-corrected chi connectivity index (χ4v) is 2.52. The Hall–Kier alpha value is -3.34. The molecule has 1 atom stereocenters. The smallest absolute Gasteiger partial charge is 0.244 e. The van der Waals surface area contributed by atoms with Crippen molar-refractivity contribution in [2.75, 3.05) is 5.32 Å². The Morgan fingerprint density at radius 1 is 1.12 bits per heavy atom. The number of nitrogens with two attached hydrogens (primary N) is 1. The van der Waals surface area contributed by atoms with Crippen molar-refractivity contribution in [1.82, 2.24) is 4.98 Å². The molecule has 0 saturated heterocycles. The summed E-state index contributed by atoms with van der Waals surface area (Å²) >= 11 is 0. The van der Waals surface area contributed by atoms with E-state index in [1.165, 1.54) is 0 Å². The number of benzene rings is 2. The standard InChI is InChI=1S/C20H19N3O2/c1-14-12-16(9-10-18(14)25-17-8-5-11-22-13-17)23-19(20(21)24)15-6-3-2-4-7-15/h2-13,19,23H,1H3,(H2,21,24)/t19-/m1/s1. The molecule has 1 aromatic heterocycles. The van der Waals surface area contributed by atoms with E-state index in [9.17, 15) is 4.79 Å². The van der Waals surface area contributed by atoms with Gasteiger partial charge in [-0.3, -0.25) is 9.78 Å². The maximum Gasteiger partial charge on any atom is 0.244 e. The summed E-state index contributed by atoms with van der Waals surface area (Å²) in [5, 5.41) is 3.18. The molecule has 5 nitrogen and oxygen atoms in total. The van der Waals surface area contributed by atoms with Crippen LogP contribution in [0.5, 0.6) is 11.5 Å². The van der Waals surface area contributed by atoms with Crippen molar-refractivity contribution >= 4 is 11.6 Å². The summed E-state index contributed by atoms with van der Waals surface area (Å²) in [6.07, 6.45) is 3.35. The summed E-state index contributed by atoms with van der Waals surface area (Å²) in [7, 11) is 0. The van der Waals surface area contributed by atoms with Gasteiger partial charge in [0.15, 0.2) is 0 Å². The molecule has 0 spiro atoms. The highest BCUT2D eigenvalue weighted by molar-refractivity contribution is 5.84. The van der Waals surface area contributed by atoms with Crippen LogP contribution in [0, 0.1) is 6.92 Å². The Balaban J connectivity index is 1.79. The third-order valence-corrected chi connectivity index (χ3v) is 3.77. The minimum Gasteiger partial charge on any atom is -0.455 e. The van der Waals surface area contributed by atoms with Gasteiger partial charge >= 0.3 is 0 Å². The molecule has 3 N–H and O–H groups in total. The zero-order valence-corrected chi connectivity index (χ0v) is 13.8. The number of primary amides is 1. The van der Waals surface area contributed by atoms with Crippen LogP contribution in [0.15, 0.2) is 73.1 Å². The van der Waals surface area contributed by atoms with Crippen LogP contribution in [0.3, 0.4) is 0 Å². The minimum absolute atomic E-state index is 0.431. The zero-order valence-electron chi connectivity index (χ0n) is 13.8. The monoisotopic (exact) mass is 333 g/mol. The van der Waals surface area contributed by atoms with E-state index in [1.54, 1.807) is 12.4 Å². The summed E-state index contributed by atoms with van der Waals surface area (Å²) in [5.41, 5.74) is 8.11. The van der Waals surface area contributed by atoms with E-state index in [4.69, 9.17) is 10.5 Å². The average Bonchev–Trinajstić information content (AvgIpc) is 2.63. The van der Waals surface area contributed by atoms with Crippen molar-refractivity contribution in [3.8, 4) is 11.5 Å². The first-order chi connectivity index (χ1) is 12.1. The van der Waals surface area contributed by atoms with Crippen molar-refractivity contribution in [2.24, 2.45) is 5.73 Å². The van der Waals surface area contributed by atoms with E-state index in [1.807, 2.05) is 67.6 Å². The first kappa shape index (κ1) is 16.5. The average molecular weight is 333 g/mol. The van der Waals surface area contributed by atoms with Crippen LogP contribution in [-0.4, -0.2) is 10.9 Å². The molecule has 3 rings (SSSR count). The summed E-state index contributed by atoms with van der Waals surface area (Å²) in [4.78, 5) is 15.9. The van der Waals surface area contributed by atoms with E-state index in [-0.39, 0.29) is 0 Å². The highest BCUT2D eigenvalue weighted by Gasteiger charge is 2.17. The number of carbonyl (C=O) groups is 1. The molecule has 5 heteroatoms. The Bertz CT molecular complexity index is 851. The van der Waals surface area contributed by atoms with Crippen LogP contribution < -0.4 is 15.8 Å². The molecule has 0 bridgehead atoms. The number of aryl methyl sites for hydroxylation is 1. The van der Waals surface area contributed by atoms with Crippen LogP contribution in [0.1, 0.15) is 17.2 Å². The Labute approximate surface area is 146 Å². The molecule has 0 aliphatic heterocycles. The van der Waals surface area contributed by atoms with Gasteiger partial charge in [0.2, 0.25) is 5.91 Å². The van der Waals surface area contributed by atoms with Gasteiger partial charge in [-0.2, -0.15) is 0 Å². The van der Waals surface area contributed by atoms with Gasteiger partial charge in [0.1, 0.15) is 17.5 Å². The number of anilines is 1. The molecule has 1 amide bonds. The van der Waals surface area contributed by atoms with Crippen molar-refractivity contribution in [1.29, 1.82) is 0 Å². The number of amides is 1. The lowest BCUT2D eigenvalue weighted by molar-refractivity contribution is -0.118. The molecule has 1 heterocycles. The molecule has 3 aromatic rings. The van der Waals surface area contributed by atoms with Gasteiger partial charge < -0.3 is 15.8 Å². The van der Waals surface area contributed by atoms with Gasteiger partial charge in [0, 0.05) is 11.9 Å². The van der Waals surface area contributed by atoms with Crippen molar-refractivity contribution in [3.05, 3.63) is 84.2 Å². The van der Waals surface area contributed by atoms with Gasteiger partial charge in [-0.15, -0.1) is 0 Å². The van der Waals surface area contributed by atoms with Crippen molar-refractivity contribution in [3.63, 3.8) is 0 Å². The largest absolute Gasteiger partial charge is 0.455 e. The molecular weight excluding hydrogens is 314 g/mol. The molecule has 0 fully saturated rings.